The van der Waals surface area contributed by atoms with Crippen LogP contribution in [-0.2, 0) is 0 Å². The minimum absolute atomic E-state index is 0.0161. The van der Waals surface area contributed by atoms with Gasteiger partial charge in [0.1, 0.15) is 34.0 Å². The molecule has 30 heavy (non-hydrogen) atoms. The van der Waals surface area contributed by atoms with E-state index in [9.17, 15) is 20.1 Å². The summed E-state index contributed by atoms with van der Waals surface area (Å²) in [5.74, 6) is 0.186. The Bertz CT molecular complexity index is 1170. The highest BCUT2D eigenvalue weighted by atomic mass is 79.9. The topological polar surface area (TPSA) is 103 Å². The van der Waals surface area contributed by atoms with Crippen molar-refractivity contribution in [1.29, 1.82) is 0 Å². The zero-order valence-corrected chi connectivity index (χ0v) is 18.1. The van der Waals surface area contributed by atoms with E-state index in [0.717, 1.165) is 6.54 Å². The number of nitrogens with zero attached hydrogens (tertiary/aromatic N) is 1. The number of aliphatic hydroxyl groups excluding tert-OH is 1. The van der Waals surface area contributed by atoms with Crippen LogP contribution >= 0.6 is 15.9 Å². The lowest BCUT2D eigenvalue weighted by molar-refractivity contribution is 0.172. The fraction of sp³-hybridized carbons (Fsp3) is 0.318. The Morgan fingerprint density at radius 2 is 2.00 bits per heavy atom. The van der Waals surface area contributed by atoms with Gasteiger partial charge in [-0.2, -0.15) is 0 Å². The highest BCUT2D eigenvalue weighted by Gasteiger charge is 2.36. The summed E-state index contributed by atoms with van der Waals surface area (Å²) in [4.78, 5) is 14.9. The molecule has 0 aliphatic carbocycles. The first-order valence-electron chi connectivity index (χ1n) is 9.53. The van der Waals surface area contributed by atoms with Gasteiger partial charge in [-0.3, -0.25) is 4.79 Å². The summed E-state index contributed by atoms with van der Waals surface area (Å²) in [5.41, 5.74) is 0.775. The molecule has 0 unspecified atom stereocenters. The van der Waals surface area contributed by atoms with Gasteiger partial charge in [0.15, 0.2) is 5.43 Å². The number of phenols is 2. The normalized spacial score (nSPS) is 19.5. The minimum Gasteiger partial charge on any atom is -0.507 e. The first-order chi connectivity index (χ1) is 14.3. The molecule has 0 amide bonds. The van der Waals surface area contributed by atoms with Gasteiger partial charge in [-0.25, -0.2) is 0 Å². The predicted molar refractivity (Wildman–Crippen MR) is 116 cm³/mol. The molecule has 0 saturated carbocycles. The Labute approximate surface area is 181 Å². The van der Waals surface area contributed by atoms with E-state index in [1.165, 1.54) is 12.1 Å². The van der Waals surface area contributed by atoms with Gasteiger partial charge in [0, 0.05) is 39.7 Å². The summed E-state index contributed by atoms with van der Waals surface area (Å²) in [6.45, 7) is 0.628. The van der Waals surface area contributed by atoms with Crippen LogP contribution in [0.4, 0.5) is 0 Å². The third kappa shape index (κ3) is 3.34. The largest absolute Gasteiger partial charge is 0.507 e. The Balaban J connectivity index is 1.99. The first-order valence-corrected chi connectivity index (χ1v) is 10.3. The van der Waals surface area contributed by atoms with Crippen molar-refractivity contribution in [2.24, 2.45) is 0 Å². The zero-order valence-electron chi connectivity index (χ0n) is 16.6. The van der Waals surface area contributed by atoms with Crippen molar-refractivity contribution in [3.8, 4) is 28.6 Å². The second-order valence-electron chi connectivity index (χ2n) is 7.48. The van der Waals surface area contributed by atoms with E-state index < -0.39 is 5.43 Å². The molecule has 3 N–H and O–H groups in total. The molecule has 3 aromatic rings. The summed E-state index contributed by atoms with van der Waals surface area (Å²) in [6, 6.07) is 7.53. The van der Waals surface area contributed by atoms with Crippen LogP contribution in [0.1, 0.15) is 17.9 Å². The van der Waals surface area contributed by atoms with Crippen molar-refractivity contribution in [3.05, 3.63) is 50.6 Å². The van der Waals surface area contributed by atoms with Crippen molar-refractivity contribution in [1.82, 2.24) is 4.90 Å². The van der Waals surface area contributed by atoms with Gasteiger partial charge in [-0.15, -0.1) is 0 Å². The van der Waals surface area contributed by atoms with Crippen LogP contribution in [-0.4, -0.2) is 53.6 Å². The van der Waals surface area contributed by atoms with Crippen LogP contribution in [0.15, 0.2) is 44.0 Å². The van der Waals surface area contributed by atoms with Crippen molar-refractivity contribution >= 4 is 26.9 Å². The second kappa shape index (κ2) is 7.94. The Kier molecular flexibility index (Phi) is 5.48. The molecule has 0 radical (unpaired) electrons. The van der Waals surface area contributed by atoms with E-state index in [4.69, 9.17) is 9.15 Å². The molecule has 7 nitrogen and oxygen atoms in total. The highest BCUT2D eigenvalue weighted by molar-refractivity contribution is 9.10. The summed E-state index contributed by atoms with van der Waals surface area (Å²) >= 11 is 3.48. The van der Waals surface area contributed by atoms with E-state index in [0.29, 0.717) is 33.5 Å². The van der Waals surface area contributed by atoms with Crippen LogP contribution in [0.2, 0.25) is 0 Å². The molecule has 1 aliphatic heterocycles. The average Bonchev–Trinajstić information content (AvgIpc) is 3.07. The SMILES string of the molecule is COc1ccc(-c2cc(=O)c3c(O)cc(O)c([C@@H]4CCN(C)[C@H]4CO)c3o2)c(Br)c1. The smallest absolute Gasteiger partial charge is 0.197 e. The Morgan fingerprint density at radius 1 is 1.23 bits per heavy atom. The summed E-state index contributed by atoms with van der Waals surface area (Å²) in [5, 5.41) is 30.9. The number of hydrogen-bond donors (Lipinski definition) is 3. The van der Waals surface area contributed by atoms with Crippen LogP contribution < -0.4 is 10.2 Å². The van der Waals surface area contributed by atoms with Crippen LogP contribution in [0.5, 0.6) is 17.2 Å². The lowest BCUT2D eigenvalue weighted by Gasteiger charge is -2.24. The molecule has 0 bridgehead atoms. The third-order valence-corrected chi connectivity index (χ3v) is 6.48. The number of aliphatic hydroxyl groups is 1. The Hall–Kier alpha value is -2.55. The van der Waals surface area contributed by atoms with Crippen molar-refractivity contribution in [3.63, 3.8) is 0 Å². The van der Waals surface area contributed by atoms with E-state index in [-0.39, 0.29) is 41.0 Å². The molecule has 1 fully saturated rings. The number of ether oxygens (including phenoxy) is 1. The molecular formula is C22H22BrNO6. The number of methoxy groups -OCH3 is 1. The molecule has 2 aromatic carbocycles. The molecule has 4 rings (SSSR count). The fourth-order valence-electron chi connectivity index (χ4n) is 4.25. The number of halogens is 1. The maximum absolute atomic E-state index is 12.9. The standard InChI is InChI=1S/C22H22BrNO6/c1-24-6-5-13(15(24)10-25)20-16(26)8-17(27)21-18(28)9-19(30-22(20)21)12-4-3-11(29-2)7-14(12)23/h3-4,7-9,13,15,25-27H,5-6,10H2,1-2H3/t13-,15+/m1/s1. The molecule has 1 saturated heterocycles. The fourth-order valence-corrected chi connectivity index (χ4v) is 4.80. The van der Waals surface area contributed by atoms with E-state index in [1.807, 2.05) is 11.9 Å². The number of fused-ring (bicyclic) bond motifs is 1. The predicted octanol–water partition coefficient (Wildman–Crippen LogP) is 3.42. The van der Waals surface area contributed by atoms with Gasteiger partial charge in [0.05, 0.1) is 13.7 Å². The van der Waals surface area contributed by atoms with Gasteiger partial charge in [0.25, 0.3) is 0 Å². The maximum Gasteiger partial charge on any atom is 0.197 e. The monoisotopic (exact) mass is 475 g/mol. The van der Waals surface area contributed by atoms with Gasteiger partial charge >= 0.3 is 0 Å². The second-order valence-corrected chi connectivity index (χ2v) is 8.33. The van der Waals surface area contributed by atoms with Crippen molar-refractivity contribution in [2.45, 2.75) is 18.4 Å². The number of likely N-dealkylation sites (tertiary alicyclic amines) is 1. The van der Waals surface area contributed by atoms with Gasteiger partial charge < -0.3 is 29.4 Å². The minimum atomic E-state index is -0.417. The number of hydrogen-bond acceptors (Lipinski definition) is 7. The number of likely N-dealkylation sites (N-methyl/N-ethyl adjacent to an activating group) is 1. The molecule has 2 atom stereocenters. The Morgan fingerprint density at radius 3 is 2.67 bits per heavy atom. The average molecular weight is 476 g/mol. The lowest BCUT2D eigenvalue weighted by Crippen LogP contribution is -2.32. The van der Waals surface area contributed by atoms with Crippen LogP contribution in [0.25, 0.3) is 22.3 Å². The summed E-state index contributed by atoms with van der Waals surface area (Å²) < 4.78 is 12.0. The van der Waals surface area contributed by atoms with Crippen LogP contribution in [0, 0.1) is 0 Å². The number of rotatable bonds is 4. The molecular weight excluding hydrogens is 454 g/mol. The number of benzene rings is 2. The first kappa shape index (κ1) is 20.7. The van der Waals surface area contributed by atoms with Gasteiger partial charge in [0.2, 0.25) is 0 Å². The van der Waals surface area contributed by atoms with Crippen molar-refractivity contribution in [2.75, 3.05) is 27.3 Å². The highest BCUT2D eigenvalue weighted by Crippen LogP contribution is 2.44. The van der Waals surface area contributed by atoms with E-state index in [2.05, 4.69) is 15.9 Å². The molecule has 8 heteroatoms. The molecule has 1 aliphatic rings. The quantitative estimate of drug-likeness (QED) is 0.530. The zero-order chi connectivity index (χ0) is 21.6. The van der Waals surface area contributed by atoms with Gasteiger partial charge in [-0.05, 0) is 54.1 Å². The number of aromatic hydroxyl groups is 2. The number of phenolic OH excluding ortho intramolecular Hbond substituents is 2. The van der Waals surface area contributed by atoms with E-state index >= 15 is 0 Å². The third-order valence-electron chi connectivity index (χ3n) is 5.82. The summed E-state index contributed by atoms with van der Waals surface area (Å²) in [6.07, 6.45) is 0.676. The molecule has 0 spiro atoms. The van der Waals surface area contributed by atoms with E-state index in [1.54, 1.807) is 25.3 Å². The molecule has 2 heterocycles. The van der Waals surface area contributed by atoms with Crippen LogP contribution in [0.3, 0.4) is 0 Å². The molecule has 1 aromatic heterocycles. The lowest BCUT2D eigenvalue weighted by atomic mass is 9.89. The molecule has 158 valence electrons. The maximum atomic E-state index is 12.9. The van der Waals surface area contributed by atoms with Crippen molar-refractivity contribution < 1.29 is 24.5 Å². The van der Waals surface area contributed by atoms with Gasteiger partial charge in [-0.1, -0.05) is 0 Å². The summed E-state index contributed by atoms with van der Waals surface area (Å²) in [7, 11) is 3.46.